The lowest BCUT2D eigenvalue weighted by Gasteiger charge is -2.10. The molecule has 0 aliphatic carbocycles. The summed E-state index contributed by atoms with van der Waals surface area (Å²) in [6, 6.07) is 12.1. The molecule has 8 heteroatoms. The molecule has 0 unspecified atom stereocenters. The maximum absolute atomic E-state index is 12.2. The van der Waals surface area contributed by atoms with Crippen LogP contribution in [0.3, 0.4) is 0 Å². The Kier molecular flexibility index (Phi) is 4.89. The summed E-state index contributed by atoms with van der Waals surface area (Å²) in [5.41, 5.74) is 5.25. The van der Waals surface area contributed by atoms with Crippen molar-refractivity contribution in [3.63, 3.8) is 0 Å². The zero-order valence-electron chi connectivity index (χ0n) is 11.3. The first-order valence-corrected chi connectivity index (χ1v) is 8.03. The van der Waals surface area contributed by atoms with Gasteiger partial charge in [-0.1, -0.05) is 23.7 Å². The molecule has 0 saturated heterocycles. The van der Waals surface area contributed by atoms with Crippen LogP contribution in [-0.2, 0) is 14.8 Å². The highest BCUT2D eigenvalue weighted by atomic mass is 35.5. The fraction of sp³-hybridized carbons (Fsp3) is 0.0714. The third-order valence-corrected chi connectivity index (χ3v) is 4.34. The molecule has 2 aromatic rings. The van der Waals surface area contributed by atoms with Crippen molar-refractivity contribution in [1.29, 1.82) is 0 Å². The van der Waals surface area contributed by atoms with Gasteiger partial charge in [-0.3, -0.25) is 9.52 Å². The van der Waals surface area contributed by atoms with E-state index >= 15 is 0 Å². The van der Waals surface area contributed by atoms with Gasteiger partial charge in [-0.25, -0.2) is 8.42 Å². The van der Waals surface area contributed by atoms with E-state index in [0.29, 0.717) is 16.5 Å². The number of halogens is 1. The molecule has 0 aliphatic rings. The topological polar surface area (TPSA) is 98.5 Å². The van der Waals surface area contributed by atoms with Crippen LogP contribution in [0.2, 0.25) is 5.02 Å². The Bertz CT molecular complexity index is 776. The van der Waals surface area contributed by atoms with Gasteiger partial charge < -0.3 is 10.5 Å². The standard InChI is InChI=1S/C14H13ClN2O4S/c15-12-3-1-2-4-13(12)17-22(19,20)11-7-5-10(6-8-11)21-9-14(16)18/h1-8,17H,9H2,(H2,16,18). The summed E-state index contributed by atoms with van der Waals surface area (Å²) in [7, 11) is -3.77. The Morgan fingerprint density at radius 3 is 2.36 bits per heavy atom. The van der Waals surface area contributed by atoms with E-state index in [1.807, 2.05) is 0 Å². The van der Waals surface area contributed by atoms with Crippen LogP contribution in [0.15, 0.2) is 53.4 Å². The van der Waals surface area contributed by atoms with Gasteiger partial charge in [0.25, 0.3) is 15.9 Å². The monoisotopic (exact) mass is 340 g/mol. The average Bonchev–Trinajstić information content (AvgIpc) is 2.48. The van der Waals surface area contributed by atoms with Gasteiger partial charge in [0.05, 0.1) is 15.6 Å². The quantitative estimate of drug-likeness (QED) is 0.840. The van der Waals surface area contributed by atoms with Crippen LogP contribution in [0.5, 0.6) is 5.75 Å². The number of carbonyl (C=O) groups is 1. The number of amides is 1. The van der Waals surface area contributed by atoms with E-state index in [1.165, 1.54) is 24.3 Å². The van der Waals surface area contributed by atoms with Crippen molar-refractivity contribution in [3.8, 4) is 5.75 Å². The molecule has 1 amide bonds. The van der Waals surface area contributed by atoms with Crippen LogP contribution < -0.4 is 15.2 Å². The number of sulfonamides is 1. The molecular weight excluding hydrogens is 328 g/mol. The lowest BCUT2D eigenvalue weighted by molar-refractivity contribution is -0.119. The van der Waals surface area contributed by atoms with Crippen molar-refractivity contribution in [2.24, 2.45) is 5.73 Å². The average molecular weight is 341 g/mol. The maximum atomic E-state index is 12.2. The predicted molar refractivity (Wildman–Crippen MR) is 83.4 cm³/mol. The van der Waals surface area contributed by atoms with Gasteiger partial charge in [0.2, 0.25) is 0 Å². The summed E-state index contributed by atoms with van der Waals surface area (Å²) in [5, 5.41) is 0.299. The smallest absolute Gasteiger partial charge is 0.261 e. The number of primary amides is 1. The second-order valence-corrected chi connectivity index (χ2v) is 6.40. The summed E-state index contributed by atoms with van der Waals surface area (Å²) in [6.07, 6.45) is 0. The second kappa shape index (κ2) is 6.67. The van der Waals surface area contributed by atoms with Gasteiger partial charge >= 0.3 is 0 Å². The summed E-state index contributed by atoms with van der Waals surface area (Å²) in [5.74, 6) is -0.271. The molecule has 0 aliphatic heterocycles. The van der Waals surface area contributed by atoms with Crippen LogP contribution >= 0.6 is 11.6 Å². The highest BCUT2D eigenvalue weighted by molar-refractivity contribution is 7.92. The third kappa shape index (κ3) is 4.12. The summed E-state index contributed by atoms with van der Waals surface area (Å²) in [4.78, 5) is 10.7. The highest BCUT2D eigenvalue weighted by Crippen LogP contribution is 2.24. The van der Waals surface area contributed by atoms with E-state index in [2.05, 4.69) is 4.72 Å². The van der Waals surface area contributed by atoms with Gasteiger partial charge in [-0.2, -0.15) is 0 Å². The molecule has 0 heterocycles. The van der Waals surface area contributed by atoms with E-state index in [9.17, 15) is 13.2 Å². The number of benzene rings is 2. The van der Waals surface area contributed by atoms with Gasteiger partial charge in [0.15, 0.2) is 6.61 Å². The fourth-order valence-corrected chi connectivity index (χ4v) is 2.94. The highest BCUT2D eigenvalue weighted by Gasteiger charge is 2.15. The lowest BCUT2D eigenvalue weighted by atomic mass is 10.3. The van der Waals surface area contributed by atoms with E-state index in [4.69, 9.17) is 22.1 Å². The maximum Gasteiger partial charge on any atom is 0.261 e. The molecule has 0 spiro atoms. The van der Waals surface area contributed by atoms with E-state index in [1.54, 1.807) is 24.3 Å². The minimum Gasteiger partial charge on any atom is -0.484 e. The Morgan fingerprint density at radius 1 is 1.14 bits per heavy atom. The second-order valence-electron chi connectivity index (χ2n) is 4.31. The Morgan fingerprint density at radius 2 is 1.77 bits per heavy atom. The number of anilines is 1. The number of nitrogens with one attached hydrogen (secondary N) is 1. The molecule has 0 radical (unpaired) electrons. The Balaban J connectivity index is 2.16. The molecule has 0 saturated carbocycles. The molecule has 22 heavy (non-hydrogen) atoms. The molecule has 0 bridgehead atoms. The van der Waals surface area contributed by atoms with Crippen LogP contribution in [-0.4, -0.2) is 20.9 Å². The van der Waals surface area contributed by atoms with Crippen molar-refractivity contribution in [2.45, 2.75) is 4.90 Å². The molecule has 3 N–H and O–H groups in total. The Hall–Kier alpha value is -2.25. The SMILES string of the molecule is NC(=O)COc1ccc(S(=O)(=O)Nc2ccccc2Cl)cc1. The number of hydrogen-bond acceptors (Lipinski definition) is 4. The largest absolute Gasteiger partial charge is 0.484 e. The van der Waals surface area contributed by atoms with Crippen molar-refractivity contribution in [2.75, 3.05) is 11.3 Å². The molecule has 116 valence electrons. The summed E-state index contributed by atoms with van der Waals surface area (Å²) >= 11 is 5.92. The number of carbonyl (C=O) groups excluding carboxylic acids is 1. The summed E-state index contributed by atoms with van der Waals surface area (Å²) in [6.45, 7) is -0.274. The van der Waals surface area contributed by atoms with Crippen molar-refractivity contribution in [1.82, 2.24) is 0 Å². The minimum absolute atomic E-state index is 0.0406. The van der Waals surface area contributed by atoms with E-state index < -0.39 is 15.9 Å². The predicted octanol–water partition coefficient (Wildman–Crippen LogP) is 2.00. The third-order valence-electron chi connectivity index (χ3n) is 2.63. The molecule has 0 aromatic heterocycles. The fourth-order valence-electron chi connectivity index (χ4n) is 1.62. The number of para-hydroxylation sites is 1. The molecular formula is C14H13ClN2O4S. The number of ether oxygens (including phenoxy) is 1. The summed E-state index contributed by atoms with van der Waals surface area (Å²) < 4.78 is 32.0. The first kappa shape index (κ1) is 16.1. The van der Waals surface area contributed by atoms with Crippen LogP contribution in [0, 0.1) is 0 Å². The van der Waals surface area contributed by atoms with Crippen LogP contribution in [0.4, 0.5) is 5.69 Å². The number of hydrogen-bond donors (Lipinski definition) is 2. The first-order chi connectivity index (χ1) is 10.4. The lowest BCUT2D eigenvalue weighted by Crippen LogP contribution is -2.20. The van der Waals surface area contributed by atoms with Gasteiger partial charge in [0.1, 0.15) is 5.75 Å². The number of nitrogens with two attached hydrogens (primary N) is 1. The van der Waals surface area contributed by atoms with Gasteiger partial charge in [-0.05, 0) is 36.4 Å². The van der Waals surface area contributed by atoms with E-state index in [0.717, 1.165) is 0 Å². The Labute approximate surface area is 132 Å². The zero-order valence-corrected chi connectivity index (χ0v) is 12.9. The van der Waals surface area contributed by atoms with Crippen molar-refractivity contribution >= 4 is 33.2 Å². The molecule has 6 nitrogen and oxygen atoms in total. The zero-order chi connectivity index (χ0) is 16.2. The molecule has 0 fully saturated rings. The first-order valence-electron chi connectivity index (χ1n) is 6.17. The normalized spacial score (nSPS) is 11.0. The van der Waals surface area contributed by atoms with Crippen molar-refractivity contribution < 1.29 is 17.9 Å². The van der Waals surface area contributed by atoms with E-state index in [-0.39, 0.29) is 11.5 Å². The minimum atomic E-state index is -3.77. The molecule has 2 aromatic carbocycles. The van der Waals surface area contributed by atoms with Gasteiger partial charge in [0, 0.05) is 0 Å². The van der Waals surface area contributed by atoms with Crippen LogP contribution in [0.1, 0.15) is 0 Å². The van der Waals surface area contributed by atoms with Crippen LogP contribution in [0.25, 0.3) is 0 Å². The van der Waals surface area contributed by atoms with Crippen molar-refractivity contribution in [3.05, 3.63) is 53.6 Å². The van der Waals surface area contributed by atoms with Gasteiger partial charge in [-0.15, -0.1) is 0 Å². The number of rotatable bonds is 6. The molecule has 2 rings (SSSR count). The molecule has 0 atom stereocenters.